The summed E-state index contributed by atoms with van der Waals surface area (Å²) < 4.78 is 26.6. The number of aryl methyl sites for hydroxylation is 1. The third-order valence-electron chi connectivity index (χ3n) is 3.81. The second-order valence-electron chi connectivity index (χ2n) is 5.64. The first-order chi connectivity index (χ1) is 10.1. The van der Waals surface area contributed by atoms with E-state index in [9.17, 15) is 18.0 Å². The van der Waals surface area contributed by atoms with Crippen molar-refractivity contribution in [2.24, 2.45) is 13.0 Å². The van der Waals surface area contributed by atoms with E-state index in [1.165, 1.54) is 30.9 Å². The van der Waals surface area contributed by atoms with Crippen molar-refractivity contribution in [3.63, 3.8) is 0 Å². The Morgan fingerprint density at radius 3 is 2.45 bits per heavy atom. The summed E-state index contributed by atoms with van der Waals surface area (Å²) in [5.74, 6) is -1.68. The Labute approximate surface area is 128 Å². The lowest BCUT2D eigenvalue weighted by Crippen LogP contribution is -2.47. The zero-order chi connectivity index (χ0) is 16.7. The molecule has 9 heteroatoms. The fourth-order valence-corrected chi connectivity index (χ4v) is 3.28. The predicted octanol–water partition coefficient (Wildman–Crippen LogP) is -0.132. The van der Waals surface area contributed by atoms with Crippen molar-refractivity contribution in [2.45, 2.75) is 23.8 Å². The van der Waals surface area contributed by atoms with Gasteiger partial charge in [-0.25, -0.2) is 12.7 Å². The summed E-state index contributed by atoms with van der Waals surface area (Å²) in [7, 11) is 0.829. The van der Waals surface area contributed by atoms with Crippen LogP contribution in [0.4, 0.5) is 0 Å². The first-order valence-corrected chi connectivity index (χ1v) is 8.19. The Bertz CT molecular complexity index is 701. The second-order valence-corrected chi connectivity index (χ2v) is 7.79. The summed E-state index contributed by atoms with van der Waals surface area (Å²) in [6.45, 7) is 0. The number of carbonyl (C=O) groups excluding carboxylic acids is 1. The van der Waals surface area contributed by atoms with Gasteiger partial charge in [-0.15, -0.1) is 0 Å². The predicted molar refractivity (Wildman–Crippen MR) is 77.9 cm³/mol. The van der Waals surface area contributed by atoms with Crippen LogP contribution in [0.25, 0.3) is 0 Å². The van der Waals surface area contributed by atoms with Gasteiger partial charge in [-0.05, 0) is 18.9 Å². The minimum absolute atomic E-state index is 0.0437. The van der Waals surface area contributed by atoms with E-state index in [1.807, 2.05) is 0 Å². The van der Waals surface area contributed by atoms with Crippen molar-refractivity contribution in [2.75, 3.05) is 14.1 Å². The molecule has 1 aliphatic rings. The van der Waals surface area contributed by atoms with Crippen LogP contribution in [0.2, 0.25) is 0 Å². The van der Waals surface area contributed by atoms with Gasteiger partial charge in [-0.2, -0.15) is 0 Å². The first kappa shape index (κ1) is 16.5. The van der Waals surface area contributed by atoms with Gasteiger partial charge in [-0.1, -0.05) is 0 Å². The summed E-state index contributed by atoms with van der Waals surface area (Å²) in [4.78, 5) is 22.9. The van der Waals surface area contributed by atoms with Crippen molar-refractivity contribution in [3.05, 3.63) is 18.0 Å². The average Bonchev–Trinajstić information content (AvgIpc) is 2.75. The Morgan fingerprint density at radius 1 is 1.36 bits per heavy atom. The van der Waals surface area contributed by atoms with Crippen molar-refractivity contribution < 1.29 is 23.1 Å². The third-order valence-corrected chi connectivity index (χ3v) is 5.59. The van der Waals surface area contributed by atoms with E-state index in [2.05, 4.69) is 5.32 Å². The van der Waals surface area contributed by atoms with Crippen molar-refractivity contribution in [1.29, 1.82) is 0 Å². The molecule has 0 saturated heterocycles. The molecule has 8 nitrogen and oxygen atoms in total. The maximum absolute atomic E-state index is 12.2. The van der Waals surface area contributed by atoms with Gasteiger partial charge in [0.2, 0.25) is 10.0 Å². The number of hydrogen-bond donors (Lipinski definition) is 2. The molecule has 1 fully saturated rings. The van der Waals surface area contributed by atoms with E-state index in [1.54, 1.807) is 7.05 Å². The van der Waals surface area contributed by atoms with Gasteiger partial charge in [0.05, 0.1) is 5.92 Å². The smallest absolute Gasteiger partial charge is 0.306 e. The molecule has 1 amide bonds. The number of aromatic nitrogens is 1. The van der Waals surface area contributed by atoms with Crippen LogP contribution in [0.3, 0.4) is 0 Å². The van der Waals surface area contributed by atoms with Crippen molar-refractivity contribution in [3.8, 4) is 0 Å². The summed E-state index contributed by atoms with van der Waals surface area (Å²) in [6.07, 6.45) is 2.17. The van der Waals surface area contributed by atoms with Gasteiger partial charge in [0.15, 0.2) is 0 Å². The van der Waals surface area contributed by atoms with Gasteiger partial charge >= 0.3 is 5.97 Å². The largest absolute Gasteiger partial charge is 0.481 e. The summed E-state index contributed by atoms with van der Waals surface area (Å²) in [5.41, 5.74) is 0.221. The average molecular weight is 329 g/mol. The number of sulfonamides is 1. The number of amides is 1. The fraction of sp³-hybridized carbons (Fsp3) is 0.538. The molecule has 2 N–H and O–H groups in total. The van der Waals surface area contributed by atoms with Crippen LogP contribution < -0.4 is 5.32 Å². The van der Waals surface area contributed by atoms with Crippen LogP contribution in [0.5, 0.6) is 0 Å². The molecule has 0 bridgehead atoms. The first-order valence-electron chi connectivity index (χ1n) is 6.75. The SMILES string of the molecule is CN(C)S(=O)(=O)c1cc(C(=O)NC2CC(C(=O)O)C2)n(C)c1. The van der Waals surface area contributed by atoms with Crippen LogP contribution in [-0.2, 0) is 21.9 Å². The zero-order valence-corrected chi connectivity index (χ0v) is 13.4. The monoisotopic (exact) mass is 329 g/mol. The molecule has 0 radical (unpaired) electrons. The minimum atomic E-state index is -3.60. The van der Waals surface area contributed by atoms with E-state index in [0.717, 1.165) is 4.31 Å². The second kappa shape index (κ2) is 5.73. The molecule has 1 saturated carbocycles. The van der Waals surface area contributed by atoms with Crippen molar-refractivity contribution >= 4 is 21.9 Å². The topological polar surface area (TPSA) is 109 Å². The lowest BCUT2D eigenvalue weighted by atomic mass is 9.80. The highest BCUT2D eigenvalue weighted by Crippen LogP contribution is 2.28. The number of nitrogens with one attached hydrogen (secondary N) is 1. The van der Waals surface area contributed by atoms with E-state index in [4.69, 9.17) is 5.11 Å². The molecular formula is C13H19N3O5S. The molecular weight excluding hydrogens is 310 g/mol. The van der Waals surface area contributed by atoms with Gasteiger partial charge < -0.3 is 15.0 Å². The van der Waals surface area contributed by atoms with Gasteiger partial charge in [0.25, 0.3) is 5.91 Å². The van der Waals surface area contributed by atoms with E-state index in [0.29, 0.717) is 12.8 Å². The maximum Gasteiger partial charge on any atom is 0.306 e. The summed E-state index contributed by atoms with van der Waals surface area (Å²) >= 11 is 0. The van der Waals surface area contributed by atoms with Crippen LogP contribution in [-0.4, -0.2) is 54.4 Å². The minimum Gasteiger partial charge on any atom is -0.481 e. The molecule has 1 aliphatic carbocycles. The molecule has 1 aromatic heterocycles. The van der Waals surface area contributed by atoms with Crippen LogP contribution in [0.15, 0.2) is 17.2 Å². The molecule has 1 heterocycles. The Balaban J connectivity index is 2.09. The molecule has 0 aliphatic heterocycles. The highest BCUT2D eigenvalue weighted by Gasteiger charge is 2.35. The highest BCUT2D eigenvalue weighted by atomic mass is 32.2. The van der Waals surface area contributed by atoms with E-state index < -0.39 is 27.8 Å². The van der Waals surface area contributed by atoms with Gasteiger partial charge in [0.1, 0.15) is 10.6 Å². The number of carboxylic acids is 1. The maximum atomic E-state index is 12.2. The molecule has 122 valence electrons. The third kappa shape index (κ3) is 3.00. The Morgan fingerprint density at radius 2 is 1.95 bits per heavy atom. The van der Waals surface area contributed by atoms with Gasteiger partial charge in [-0.3, -0.25) is 9.59 Å². The van der Waals surface area contributed by atoms with Crippen molar-refractivity contribution in [1.82, 2.24) is 14.2 Å². The lowest BCUT2D eigenvalue weighted by molar-refractivity contribution is -0.145. The lowest BCUT2D eigenvalue weighted by Gasteiger charge is -2.32. The summed E-state index contributed by atoms with van der Waals surface area (Å²) in [6, 6.07) is 1.13. The molecule has 0 atom stereocenters. The number of carbonyl (C=O) groups is 2. The van der Waals surface area contributed by atoms with Gasteiger partial charge in [0, 0.05) is 33.4 Å². The fourth-order valence-electron chi connectivity index (χ4n) is 2.31. The normalized spacial score (nSPS) is 21.5. The van der Waals surface area contributed by atoms with Crippen LogP contribution in [0.1, 0.15) is 23.3 Å². The zero-order valence-electron chi connectivity index (χ0n) is 12.6. The quantitative estimate of drug-likeness (QED) is 0.782. The number of aliphatic carboxylic acids is 1. The molecule has 1 aromatic rings. The molecule has 2 rings (SSSR count). The van der Waals surface area contributed by atoms with E-state index in [-0.39, 0.29) is 16.6 Å². The number of rotatable bonds is 5. The Kier molecular flexibility index (Phi) is 4.30. The van der Waals surface area contributed by atoms with Crippen LogP contribution >= 0.6 is 0 Å². The highest BCUT2D eigenvalue weighted by molar-refractivity contribution is 7.89. The molecule has 0 spiro atoms. The van der Waals surface area contributed by atoms with Crippen LogP contribution in [0, 0.1) is 5.92 Å². The molecule has 22 heavy (non-hydrogen) atoms. The number of carboxylic acid groups (broad SMARTS) is 1. The standard InChI is InChI=1S/C13H19N3O5S/c1-15(2)22(20,21)10-6-11(16(3)7-10)12(17)14-9-4-8(5-9)13(18)19/h6-9H,4-5H2,1-3H3,(H,14,17)(H,18,19). The molecule has 0 aromatic carbocycles. The van der Waals surface area contributed by atoms with E-state index >= 15 is 0 Å². The Hall–Kier alpha value is -1.87. The summed E-state index contributed by atoms with van der Waals surface area (Å²) in [5, 5.41) is 11.5. The number of hydrogen-bond acceptors (Lipinski definition) is 4. The number of nitrogens with zero attached hydrogens (tertiary/aromatic N) is 2. The molecule has 0 unspecified atom stereocenters.